The normalized spacial score (nSPS) is 13.0. The predicted octanol–water partition coefficient (Wildman–Crippen LogP) is 1.60. The zero-order chi connectivity index (χ0) is 45.7. The van der Waals surface area contributed by atoms with Gasteiger partial charge in [-0.2, -0.15) is 0 Å². The first-order valence-electron chi connectivity index (χ1n) is 19.3. The van der Waals surface area contributed by atoms with E-state index in [4.69, 9.17) is 17.2 Å². The van der Waals surface area contributed by atoms with E-state index in [1.54, 1.807) is 44.3 Å². The first-order valence-corrected chi connectivity index (χ1v) is 19.3. The van der Waals surface area contributed by atoms with Crippen molar-refractivity contribution in [2.75, 3.05) is 13.1 Å². The van der Waals surface area contributed by atoms with E-state index in [9.17, 15) is 50.7 Å². The Morgan fingerprint density at radius 3 is 1.90 bits per heavy atom. The summed E-state index contributed by atoms with van der Waals surface area (Å²) in [6.07, 6.45) is 1.56. The molecule has 0 fully saturated rings. The Balaban J connectivity index is 1.48. The molecule has 21 heteroatoms. The highest BCUT2D eigenvalue weighted by molar-refractivity contribution is 5.99. The maximum atomic E-state index is 14.5. The second kappa shape index (κ2) is 22.0. The highest BCUT2D eigenvalue weighted by Crippen LogP contribution is 2.23. The molecule has 0 radical (unpaired) electrons. The third-order valence-electron chi connectivity index (χ3n) is 9.46. The number of primary amides is 1. The number of hydrogen-bond acceptors (Lipinski definition) is 7. The van der Waals surface area contributed by atoms with Crippen LogP contribution in [0, 0.1) is 35.0 Å². The molecule has 0 bridgehead atoms. The quantitative estimate of drug-likeness (QED) is 0.0148. The number of guanidine groups is 1. The summed E-state index contributed by atoms with van der Waals surface area (Å²) in [5.74, 6) is -18.7. The van der Waals surface area contributed by atoms with Gasteiger partial charge >= 0.3 is 0 Å². The van der Waals surface area contributed by atoms with E-state index in [-0.39, 0.29) is 50.5 Å². The number of halogens is 5. The lowest BCUT2D eigenvalue weighted by Crippen LogP contribution is -2.57. The largest absolute Gasteiger partial charge is 0.370 e. The number of para-hydroxylation sites is 1. The summed E-state index contributed by atoms with van der Waals surface area (Å²) in [6.45, 7) is 2.75. The number of amides is 6. The van der Waals surface area contributed by atoms with Crippen LogP contribution in [0.4, 0.5) is 22.0 Å². The third-order valence-corrected chi connectivity index (χ3v) is 9.46. The van der Waals surface area contributed by atoms with E-state index in [1.807, 2.05) is 23.5 Å². The van der Waals surface area contributed by atoms with Gasteiger partial charge in [0, 0.05) is 36.5 Å². The van der Waals surface area contributed by atoms with Crippen molar-refractivity contribution in [3.63, 3.8) is 0 Å². The Labute approximate surface area is 352 Å². The van der Waals surface area contributed by atoms with Crippen molar-refractivity contribution in [1.82, 2.24) is 31.6 Å². The van der Waals surface area contributed by atoms with Crippen LogP contribution in [0.25, 0.3) is 10.9 Å². The molecular weight excluding hydrogens is 824 g/mol. The molecule has 16 nitrogen and oxygen atoms in total. The van der Waals surface area contributed by atoms with Crippen molar-refractivity contribution < 1.29 is 50.7 Å². The average molecular weight is 871 g/mol. The van der Waals surface area contributed by atoms with Crippen LogP contribution >= 0.6 is 0 Å². The van der Waals surface area contributed by atoms with Crippen LogP contribution in [0.5, 0.6) is 0 Å². The lowest BCUT2D eigenvalue weighted by molar-refractivity contribution is -0.133. The monoisotopic (exact) mass is 870 g/mol. The molecule has 0 aliphatic heterocycles. The third kappa shape index (κ3) is 13.0. The molecule has 0 unspecified atom stereocenters. The number of aliphatic imine (C=N–C) groups is 1. The van der Waals surface area contributed by atoms with Crippen LogP contribution < -0.4 is 43.8 Å². The summed E-state index contributed by atoms with van der Waals surface area (Å²) in [4.78, 5) is 86.6. The van der Waals surface area contributed by atoms with E-state index in [0.29, 0.717) is 11.1 Å². The number of nitrogens with two attached hydrogens (primary N) is 3. The van der Waals surface area contributed by atoms with E-state index < -0.39 is 101 Å². The summed E-state index contributed by atoms with van der Waals surface area (Å²) in [5, 5.41) is 12.7. The van der Waals surface area contributed by atoms with E-state index >= 15 is 0 Å². The van der Waals surface area contributed by atoms with Gasteiger partial charge < -0.3 is 48.8 Å². The molecule has 3 aromatic carbocycles. The van der Waals surface area contributed by atoms with Gasteiger partial charge in [0.05, 0.1) is 6.54 Å². The maximum Gasteiger partial charge on any atom is 0.258 e. The minimum absolute atomic E-state index is 0.0184. The van der Waals surface area contributed by atoms with Crippen molar-refractivity contribution >= 4 is 52.3 Å². The lowest BCUT2D eigenvalue weighted by Gasteiger charge is -2.26. The number of hydrogen-bond donors (Lipinski definition) is 9. The fraction of sp³-hybridized carbons (Fsp3) is 0.341. The van der Waals surface area contributed by atoms with Gasteiger partial charge in [-0.3, -0.25) is 33.8 Å². The number of carbonyl (C=O) groups excluding carboxylic acids is 6. The van der Waals surface area contributed by atoms with E-state index in [1.165, 1.54) is 12.1 Å². The number of H-pyrrole nitrogens is 1. The van der Waals surface area contributed by atoms with Gasteiger partial charge in [0.15, 0.2) is 29.2 Å². The van der Waals surface area contributed by atoms with Gasteiger partial charge in [-0.1, -0.05) is 62.4 Å². The number of nitrogens with one attached hydrogen (secondary N) is 6. The van der Waals surface area contributed by atoms with Crippen molar-refractivity contribution in [3.8, 4) is 0 Å². The minimum Gasteiger partial charge on any atom is -0.370 e. The Morgan fingerprint density at radius 2 is 1.27 bits per heavy atom. The van der Waals surface area contributed by atoms with E-state index in [2.05, 4.69) is 31.2 Å². The summed E-state index contributed by atoms with van der Waals surface area (Å²) in [5.41, 5.74) is 16.6. The van der Waals surface area contributed by atoms with Crippen molar-refractivity contribution in [1.29, 1.82) is 0 Å². The molecule has 4 atom stereocenters. The first-order chi connectivity index (χ1) is 29.4. The molecule has 6 amide bonds. The van der Waals surface area contributed by atoms with Crippen LogP contribution in [-0.4, -0.2) is 83.6 Å². The van der Waals surface area contributed by atoms with Crippen molar-refractivity contribution in [2.24, 2.45) is 28.1 Å². The summed E-state index contributed by atoms with van der Waals surface area (Å²) in [7, 11) is 0. The molecule has 0 saturated carbocycles. The van der Waals surface area contributed by atoms with Crippen LogP contribution in [0.1, 0.15) is 54.6 Å². The number of fused-ring (bicyclic) bond motifs is 1. The van der Waals surface area contributed by atoms with Crippen LogP contribution in [0.15, 0.2) is 65.8 Å². The summed E-state index contributed by atoms with van der Waals surface area (Å²) >= 11 is 0. The molecule has 0 aliphatic carbocycles. The van der Waals surface area contributed by atoms with Gasteiger partial charge in [0.1, 0.15) is 29.7 Å². The number of benzene rings is 3. The predicted molar refractivity (Wildman–Crippen MR) is 217 cm³/mol. The fourth-order valence-corrected chi connectivity index (χ4v) is 6.39. The van der Waals surface area contributed by atoms with Gasteiger partial charge in [0.25, 0.3) is 5.91 Å². The maximum absolute atomic E-state index is 14.5. The average Bonchev–Trinajstić information content (AvgIpc) is 3.64. The zero-order valence-electron chi connectivity index (χ0n) is 33.6. The molecular formula is C41H47F5N10O6. The number of nitrogens with zero attached hydrogens (tertiary/aromatic N) is 1. The SMILES string of the molecule is CC(C)C[C@H](NC(=O)CNC(=O)[C@H](Cc1ccccc1)NC(=O)c1c(F)c(F)c(F)c(F)c1F)C(=O)N[C@@H](CCCN=C(N)N)C(=O)N[C@@H](Cc1c[nH]c2ccccc12)C(N)=O. The second-order valence-corrected chi connectivity index (χ2v) is 14.7. The Morgan fingerprint density at radius 1 is 0.677 bits per heavy atom. The van der Waals surface area contributed by atoms with Gasteiger partial charge in [-0.05, 0) is 42.4 Å². The Kier molecular flexibility index (Phi) is 16.9. The molecule has 4 aromatic rings. The number of aromatic amines is 1. The fourth-order valence-electron chi connectivity index (χ4n) is 6.39. The smallest absolute Gasteiger partial charge is 0.258 e. The summed E-state index contributed by atoms with van der Waals surface area (Å²) in [6, 6.07) is 9.64. The van der Waals surface area contributed by atoms with Crippen LogP contribution in [0.2, 0.25) is 0 Å². The first kappa shape index (κ1) is 47.6. The van der Waals surface area contributed by atoms with E-state index in [0.717, 1.165) is 10.9 Å². The van der Waals surface area contributed by atoms with Crippen molar-refractivity contribution in [2.45, 2.75) is 70.1 Å². The Bertz CT molecular complexity index is 2280. The molecule has 332 valence electrons. The van der Waals surface area contributed by atoms with Crippen molar-refractivity contribution in [3.05, 3.63) is 107 Å². The molecule has 0 spiro atoms. The zero-order valence-corrected chi connectivity index (χ0v) is 33.6. The number of carbonyl (C=O) groups is 6. The van der Waals surface area contributed by atoms with Gasteiger partial charge in [0.2, 0.25) is 35.4 Å². The van der Waals surface area contributed by atoms with Crippen LogP contribution in [0.3, 0.4) is 0 Å². The summed E-state index contributed by atoms with van der Waals surface area (Å²) < 4.78 is 70.4. The molecule has 12 N–H and O–H groups in total. The Hall–Kier alpha value is -7.06. The standard InChI is InChI=1S/C41H47F5N10O6/c1-20(2)15-27(39(61)54-25(13-8-14-50-41(48)49)38(60)55-26(36(47)58)17-22-18-51-24-12-7-6-11-23(22)24)53-29(57)19-52-37(59)28(16-21-9-4-3-5-10-21)56-40(62)30-31(42)33(44)35(46)34(45)32(30)43/h3-7,9-12,18,20,25-28,51H,8,13-17,19H2,1-2H3,(H2,47,58)(H,52,59)(H,53,57)(H,54,61)(H,55,60)(H,56,62)(H4,48,49,50)/t25-,26-,27-,28-/m0/s1. The highest BCUT2D eigenvalue weighted by Gasteiger charge is 2.33. The second-order valence-electron chi connectivity index (χ2n) is 14.7. The molecule has 62 heavy (non-hydrogen) atoms. The number of aromatic nitrogens is 1. The molecule has 1 aromatic heterocycles. The molecule has 1 heterocycles. The van der Waals surface area contributed by atoms with Gasteiger partial charge in [-0.25, -0.2) is 22.0 Å². The van der Waals surface area contributed by atoms with Crippen LogP contribution in [-0.2, 0) is 36.8 Å². The number of rotatable bonds is 21. The molecule has 0 aliphatic rings. The molecule has 0 saturated heterocycles. The molecule has 4 rings (SSSR count). The van der Waals surface area contributed by atoms with Gasteiger partial charge in [-0.15, -0.1) is 0 Å². The minimum atomic E-state index is -2.48. The lowest BCUT2D eigenvalue weighted by atomic mass is 10.0. The highest BCUT2D eigenvalue weighted by atomic mass is 19.2. The topological polar surface area (TPSA) is 269 Å².